The lowest BCUT2D eigenvalue weighted by Crippen LogP contribution is -2.43. The van der Waals surface area contributed by atoms with E-state index in [0.29, 0.717) is 17.7 Å². The maximum atomic E-state index is 13.8. The normalized spacial score (nSPS) is 22.8. The van der Waals surface area contributed by atoms with E-state index >= 15 is 0 Å². The topological polar surface area (TPSA) is 54.4 Å². The molecule has 0 aliphatic carbocycles. The highest BCUT2D eigenvalue weighted by Gasteiger charge is 2.42. The molecule has 0 radical (unpaired) electrons. The zero-order valence-electron chi connectivity index (χ0n) is 10.1. The van der Waals surface area contributed by atoms with Gasteiger partial charge in [-0.05, 0) is 11.6 Å². The Morgan fingerprint density at radius 2 is 2.39 bits per heavy atom. The number of piperidine rings is 1. The van der Waals surface area contributed by atoms with Crippen molar-refractivity contribution in [1.82, 2.24) is 10.3 Å². The summed E-state index contributed by atoms with van der Waals surface area (Å²) in [6, 6.07) is 1.54. The minimum Gasteiger partial charge on any atom is -0.481 e. The fourth-order valence-corrected chi connectivity index (χ4v) is 2.19. The molecule has 2 N–H and O–H groups in total. The Kier molecular flexibility index (Phi) is 3.77. The quantitative estimate of drug-likeness (QED) is 0.858. The number of nitrogens with one attached hydrogen (secondary N) is 1. The van der Waals surface area contributed by atoms with Gasteiger partial charge in [-0.3, -0.25) is 0 Å². The number of halogens is 2. The van der Waals surface area contributed by atoms with Gasteiger partial charge >= 0.3 is 0 Å². The monoisotopic (exact) mass is 258 g/mol. The number of hydrogen-bond acceptors (Lipinski definition) is 4. The van der Waals surface area contributed by atoms with Crippen LogP contribution in [0.5, 0.6) is 5.88 Å². The van der Waals surface area contributed by atoms with Crippen LogP contribution in [-0.2, 0) is 6.61 Å². The highest BCUT2D eigenvalue weighted by Crippen LogP contribution is 2.38. The summed E-state index contributed by atoms with van der Waals surface area (Å²) < 4.78 is 32.6. The second kappa shape index (κ2) is 5.16. The number of aromatic nitrogens is 1. The summed E-state index contributed by atoms with van der Waals surface area (Å²) in [6.07, 6.45) is 1.21. The number of ether oxygens (including phenoxy) is 1. The Balaban J connectivity index is 2.32. The maximum Gasteiger partial charge on any atom is 0.257 e. The first-order chi connectivity index (χ1) is 8.58. The number of hydrogen-bond donors (Lipinski definition) is 2. The maximum absolute atomic E-state index is 13.8. The number of aliphatic hydroxyl groups is 1. The van der Waals surface area contributed by atoms with Gasteiger partial charge in [0.2, 0.25) is 5.88 Å². The average Bonchev–Trinajstić information content (AvgIpc) is 2.37. The summed E-state index contributed by atoms with van der Waals surface area (Å²) in [4.78, 5) is 3.97. The summed E-state index contributed by atoms with van der Waals surface area (Å²) in [5, 5.41) is 12.1. The molecule has 0 saturated carbocycles. The highest BCUT2D eigenvalue weighted by molar-refractivity contribution is 5.32. The van der Waals surface area contributed by atoms with Crippen LogP contribution in [0.3, 0.4) is 0 Å². The van der Waals surface area contributed by atoms with E-state index in [1.807, 2.05) is 0 Å². The van der Waals surface area contributed by atoms with Gasteiger partial charge in [0.05, 0.1) is 19.6 Å². The predicted octanol–water partition coefficient (Wildman–Crippen LogP) is 1.29. The van der Waals surface area contributed by atoms with E-state index in [0.717, 1.165) is 0 Å². The molecule has 1 unspecified atom stereocenters. The third-order valence-corrected chi connectivity index (χ3v) is 3.21. The third-order valence-electron chi connectivity index (χ3n) is 3.21. The van der Waals surface area contributed by atoms with Crippen LogP contribution >= 0.6 is 0 Å². The van der Waals surface area contributed by atoms with Gasteiger partial charge in [-0.2, -0.15) is 0 Å². The first-order valence-electron chi connectivity index (χ1n) is 5.80. The third kappa shape index (κ3) is 2.44. The predicted molar refractivity (Wildman–Crippen MR) is 61.9 cm³/mol. The van der Waals surface area contributed by atoms with E-state index in [4.69, 9.17) is 4.74 Å². The molecule has 6 heteroatoms. The summed E-state index contributed by atoms with van der Waals surface area (Å²) in [5.41, 5.74) is 0.855. The molecule has 1 saturated heterocycles. The Morgan fingerprint density at radius 3 is 3.00 bits per heavy atom. The second-order valence-corrected chi connectivity index (χ2v) is 4.36. The number of rotatable bonds is 3. The van der Waals surface area contributed by atoms with Crippen LogP contribution in [0.15, 0.2) is 12.3 Å². The lowest BCUT2D eigenvalue weighted by molar-refractivity contribution is -0.0480. The van der Waals surface area contributed by atoms with Gasteiger partial charge in [-0.1, -0.05) is 0 Å². The molecule has 1 aromatic heterocycles. The molecule has 1 aromatic rings. The van der Waals surface area contributed by atoms with Crippen molar-refractivity contribution in [3.05, 3.63) is 23.4 Å². The number of aliphatic hydroxyl groups excluding tert-OH is 1. The van der Waals surface area contributed by atoms with Crippen LogP contribution in [-0.4, -0.2) is 36.2 Å². The van der Waals surface area contributed by atoms with E-state index in [1.54, 1.807) is 0 Å². The van der Waals surface area contributed by atoms with E-state index in [9.17, 15) is 13.9 Å². The van der Waals surface area contributed by atoms with Crippen molar-refractivity contribution in [3.8, 4) is 5.88 Å². The molecular formula is C12H16F2N2O2. The number of methoxy groups -OCH3 is 1. The Bertz CT molecular complexity index is 427. The van der Waals surface area contributed by atoms with Crippen molar-refractivity contribution >= 4 is 0 Å². The van der Waals surface area contributed by atoms with Crippen LogP contribution in [0.4, 0.5) is 8.78 Å². The highest BCUT2D eigenvalue weighted by atomic mass is 19.3. The Hall–Kier alpha value is -1.27. The molecule has 18 heavy (non-hydrogen) atoms. The molecule has 2 rings (SSSR count). The minimum absolute atomic E-state index is 0.182. The van der Waals surface area contributed by atoms with Gasteiger partial charge in [0, 0.05) is 31.3 Å². The molecule has 1 aliphatic heterocycles. The molecule has 1 atom stereocenters. The van der Waals surface area contributed by atoms with E-state index in [2.05, 4.69) is 10.3 Å². The molecule has 4 nitrogen and oxygen atoms in total. The lowest BCUT2D eigenvalue weighted by atomic mass is 9.88. The van der Waals surface area contributed by atoms with E-state index in [1.165, 1.54) is 19.4 Å². The van der Waals surface area contributed by atoms with Gasteiger partial charge in [-0.25, -0.2) is 13.8 Å². The van der Waals surface area contributed by atoms with Crippen molar-refractivity contribution in [2.45, 2.75) is 24.9 Å². The van der Waals surface area contributed by atoms with Crippen LogP contribution in [0, 0.1) is 0 Å². The summed E-state index contributed by atoms with van der Waals surface area (Å²) >= 11 is 0. The molecule has 0 amide bonds. The molecule has 2 heterocycles. The van der Waals surface area contributed by atoms with Crippen LogP contribution < -0.4 is 10.1 Å². The smallest absolute Gasteiger partial charge is 0.257 e. The van der Waals surface area contributed by atoms with Crippen molar-refractivity contribution in [3.63, 3.8) is 0 Å². The van der Waals surface area contributed by atoms with Crippen LogP contribution in [0.1, 0.15) is 23.5 Å². The SMILES string of the molecule is COc1ncc(C2CNCCC2(F)F)cc1CO. The summed E-state index contributed by atoms with van der Waals surface area (Å²) in [6.45, 7) is 0.252. The number of pyridine rings is 1. The van der Waals surface area contributed by atoms with E-state index in [-0.39, 0.29) is 25.5 Å². The molecule has 0 aromatic carbocycles. The van der Waals surface area contributed by atoms with Crippen LogP contribution in [0.2, 0.25) is 0 Å². The number of alkyl halides is 2. The van der Waals surface area contributed by atoms with Gasteiger partial charge in [-0.15, -0.1) is 0 Å². The zero-order valence-corrected chi connectivity index (χ0v) is 10.1. The van der Waals surface area contributed by atoms with Crippen LogP contribution in [0.25, 0.3) is 0 Å². The largest absolute Gasteiger partial charge is 0.481 e. The van der Waals surface area contributed by atoms with Gasteiger partial charge in [0.15, 0.2) is 0 Å². The van der Waals surface area contributed by atoms with Crippen molar-refractivity contribution in [2.24, 2.45) is 0 Å². The van der Waals surface area contributed by atoms with Crippen molar-refractivity contribution in [2.75, 3.05) is 20.2 Å². The molecule has 0 bridgehead atoms. The van der Waals surface area contributed by atoms with Gasteiger partial charge in [0.1, 0.15) is 0 Å². The molecule has 1 aliphatic rings. The average molecular weight is 258 g/mol. The van der Waals surface area contributed by atoms with Gasteiger partial charge < -0.3 is 15.2 Å². The zero-order chi connectivity index (χ0) is 13.2. The lowest BCUT2D eigenvalue weighted by Gasteiger charge is -2.32. The molecular weight excluding hydrogens is 242 g/mol. The Labute approximate surface area is 104 Å². The summed E-state index contributed by atoms with van der Waals surface area (Å²) in [7, 11) is 1.43. The molecule has 0 spiro atoms. The fraction of sp³-hybridized carbons (Fsp3) is 0.583. The fourth-order valence-electron chi connectivity index (χ4n) is 2.19. The molecule has 100 valence electrons. The minimum atomic E-state index is -2.74. The Morgan fingerprint density at radius 1 is 1.61 bits per heavy atom. The van der Waals surface area contributed by atoms with Gasteiger partial charge in [0.25, 0.3) is 5.92 Å². The van der Waals surface area contributed by atoms with Crippen molar-refractivity contribution in [1.29, 1.82) is 0 Å². The van der Waals surface area contributed by atoms with E-state index < -0.39 is 11.8 Å². The first kappa shape index (κ1) is 13.2. The summed E-state index contributed by atoms with van der Waals surface area (Å²) in [5.74, 6) is -3.38. The standard InChI is InChI=1S/C12H16F2N2O2/c1-18-11-9(7-17)4-8(5-16-11)10-6-15-3-2-12(10,13)14/h4-5,10,15,17H,2-3,6-7H2,1H3. The number of nitrogens with zero attached hydrogens (tertiary/aromatic N) is 1. The van der Waals surface area contributed by atoms with Crippen molar-refractivity contribution < 1.29 is 18.6 Å². The molecule has 1 fully saturated rings. The second-order valence-electron chi connectivity index (χ2n) is 4.36. The first-order valence-corrected chi connectivity index (χ1v) is 5.80.